The fraction of sp³-hybridized carbons (Fsp3) is 0.149. The molecular formula is C94H87N8O+3. The van der Waals surface area contributed by atoms with Crippen molar-refractivity contribution in [2.24, 2.45) is 26.6 Å². The van der Waals surface area contributed by atoms with Crippen LogP contribution in [0.1, 0.15) is 106 Å². The van der Waals surface area contributed by atoms with E-state index in [-0.39, 0.29) is 11.3 Å². The van der Waals surface area contributed by atoms with Crippen LogP contribution in [0.4, 0.5) is 5.69 Å². The molecule has 8 bridgehead atoms. The summed E-state index contributed by atoms with van der Waals surface area (Å²) in [7, 11) is 6.31. The summed E-state index contributed by atoms with van der Waals surface area (Å²) in [4.78, 5) is 33.2. The maximum Gasteiger partial charge on any atom is 0.255 e. The number of pyridine rings is 3. The second kappa shape index (κ2) is 29.6. The average Bonchev–Trinajstić information content (AvgIpc) is 1.69. The van der Waals surface area contributed by atoms with E-state index in [1.165, 1.54) is 41.6 Å². The number of carbonyl (C=O) groups excluding carboxylic acids is 1. The van der Waals surface area contributed by atoms with Crippen LogP contribution in [0, 0.1) is 5.41 Å². The van der Waals surface area contributed by atoms with E-state index in [2.05, 4.69) is 354 Å². The van der Waals surface area contributed by atoms with Gasteiger partial charge in [-0.25, -0.2) is 23.7 Å². The highest BCUT2D eigenvalue weighted by Crippen LogP contribution is 2.42. The Kier molecular flexibility index (Phi) is 19.5. The van der Waals surface area contributed by atoms with Gasteiger partial charge < -0.3 is 15.3 Å². The van der Waals surface area contributed by atoms with Gasteiger partial charge in [-0.3, -0.25) is 4.79 Å². The molecule has 3 N–H and O–H groups in total. The van der Waals surface area contributed by atoms with Crippen LogP contribution in [-0.2, 0) is 21.1 Å². The molecule has 0 spiro atoms. The molecule has 11 aromatic rings. The molecule has 0 saturated carbocycles. The van der Waals surface area contributed by atoms with Crippen molar-refractivity contribution in [2.75, 3.05) is 5.32 Å². The molecule has 14 rings (SSSR count). The zero-order valence-electron chi connectivity index (χ0n) is 60.5. The van der Waals surface area contributed by atoms with Gasteiger partial charge in [0.05, 0.1) is 39.5 Å². The fourth-order valence-corrected chi connectivity index (χ4v) is 14.5. The molecule has 6 aromatic heterocycles. The Balaban J connectivity index is 0.750. The van der Waals surface area contributed by atoms with Crippen molar-refractivity contribution in [1.82, 2.24) is 19.9 Å². The minimum absolute atomic E-state index is 0.198. The summed E-state index contributed by atoms with van der Waals surface area (Å²) in [6.45, 7) is 15.5. The molecule has 2 aliphatic heterocycles. The molecule has 0 saturated heterocycles. The topological polar surface area (TPSA) is 98.1 Å². The number of benzene rings is 5. The quantitative estimate of drug-likeness (QED) is 0.0664. The Hall–Kier alpha value is -12.2. The second-order valence-corrected chi connectivity index (χ2v) is 28.2. The lowest BCUT2D eigenvalue weighted by molar-refractivity contribution is -0.644. The minimum Gasteiger partial charge on any atom is -0.354 e. The number of aromatic amines is 2. The van der Waals surface area contributed by atoms with Gasteiger partial charge in [-0.1, -0.05) is 187 Å². The lowest BCUT2D eigenvalue weighted by Crippen LogP contribution is -2.28. The summed E-state index contributed by atoms with van der Waals surface area (Å²) in [5, 5.41) is 6.53. The number of anilines is 1. The zero-order chi connectivity index (χ0) is 71.3. The molecule has 0 fully saturated rings. The van der Waals surface area contributed by atoms with Crippen LogP contribution in [0.25, 0.3) is 130 Å². The van der Waals surface area contributed by atoms with E-state index in [1.807, 2.05) is 36.4 Å². The molecule has 0 radical (unpaired) electrons. The number of para-hydroxylation sites is 3. The van der Waals surface area contributed by atoms with Gasteiger partial charge in [0.15, 0.2) is 18.6 Å². The van der Waals surface area contributed by atoms with Gasteiger partial charge in [-0.15, -0.1) is 0 Å². The van der Waals surface area contributed by atoms with Crippen molar-refractivity contribution >= 4 is 96.8 Å². The number of hydrogen-bond acceptors (Lipinski definition) is 3. The van der Waals surface area contributed by atoms with Gasteiger partial charge in [0.2, 0.25) is 16.6 Å². The molecule has 5 aromatic carbocycles. The predicted molar refractivity (Wildman–Crippen MR) is 432 cm³/mol. The monoisotopic (exact) mass is 1340 g/mol. The third-order valence-corrected chi connectivity index (χ3v) is 20.0. The summed E-state index contributed by atoms with van der Waals surface area (Å²) in [6.07, 6.45) is 48.8. The van der Waals surface area contributed by atoms with Gasteiger partial charge in [-0.05, 0) is 185 Å². The van der Waals surface area contributed by atoms with E-state index in [9.17, 15) is 4.79 Å². The number of aromatic nitrogens is 7. The molecule has 0 unspecified atom stereocenters. The molecule has 3 aliphatic rings. The summed E-state index contributed by atoms with van der Waals surface area (Å²) < 4.78 is 6.58. The van der Waals surface area contributed by atoms with Crippen molar-refractivity contribution in [1.29, 1.82) is 0 Å². The molecule has 1 aliphatic carbocycles. The highest BCUT2D eigenvalue weighted by atomic mass is 16.1. The first-order valence-corrected chi connectivity index (χ1v) is 35.6. The second-order valence-electron chi connectivity index (χ2n) is 28.2. The van der Waals surface area contributed by atoms with Crippen molar-refractivity contribution < 1.29 is 18.5 Å². The molecule has 506 valence electrons. The van der Waals surface area contributed by atoms with E-state index in [4.69, 9.17) is 9.97 Å². The first-order chi connectivity index (χ1) is 50.0. The number of fused-ring (bicyclic) bond motifs is 11. The summed E-state index contributed by atoms with van der Waals surface area (Å²) in [6, 6.07) is 56.7. The van der Waals surface area contributed by atoms with E-state index >= 15 is 0 Å². The Bertz CT molecular complexity index is 5720. The van der Waals surface area contributed by atoms with Crippen LogP contribution in [0.15, 0.2) is 295 Å². The molecule has 9 nitrogen and oxygen atoms in total. The molecule has 0 atom stereocenters. The van der Waals surface area contributed by atoms with Crippen LogP contribution in [0.3, 0.4) is 0 Å². The summed E-state index contributed by atoms with van der Waals surface area (Å²) >= 11 is 0. The largest absolute Gasteiger partial charge is 0.354 e. The number of aryl methyl sites for hydroxylation is 3. The Morgan fingerprint density at radius 2 is 0.845 bits per heavy atom. The first kappa shape index (κ1) is 68.0. The smallest absolute Gasteiger partial charge is 0.255 e. The van der Waals surface area contributed by atoms with E-state index in [0.717, 1.165) is 139 Å². The SMILES string of the molecule is CC1=C(/C=C/C(C)=C/C=C/C(C)=C/C=C/C=C(C)/C=C/C=C(C)/C=C/c2ccc(C(=O)Nc3ccc(-c4c5nc(c(-c6cc7ccccc7[n+](C)c6)c6ccc([nH]6)c(-c6cc7ccccc7[n+](C)c6)c6nc(c(-c7cc8ccccc8[n+](C)c7)c7ccc4[nH]7)C=C6)C=C5)cc3)cc2)C(C)(C)CCC1. The number of allylic oxidation sites excluding steroid dienone is 19. The number of amides is 1. The van der Waals surface area contributed by atoms with Crippen molar-refractivity contribution in [3.05, 3.63) is 329 Å². The van der Waals surface area contributed by atoms with Crippen molar-refractivity contribution in [3.63, 3.8) is 0 Å². The Morgan fingerprint density at radius 3 is 1.27 bits per heavy atom. The highest BCUT2D eigenvalue weighted by molar-refractivity contribution is 6.05. The third kappa shape index (κ3) is 15.0. The molecule has 103 heavy (non-hydrogen) atoms. The van der Waals surface area contributed by atoms with Crippen LogP contribution in [0.5, 0.6) is 0 Å². The van der Waals surface area contributed by atoms with Gasteiger partial charge in [0.25, 0.3) is 5.91 Å². The molecule has 1 amide bonds. The van der Waals surface area contributed by atoms with E-state index < -0.39 is 0 Å². The number of H-pyrrole nitrogens is 2. The number of nitrogens with zero attached hydrogens (tertiary/aromatic N) is 5. The zero-order valence-corrected chi connectivity index (χ0v) is 60.5. The molecular weight excluding hydrogens is 1260 g/mol. The maximum atomic E-state index is 14.0. The van der Waals surface area contributed by atoms with Gasteiger partial charge in [0.1, 0.15) is 21.1 Å². The van der Waals surface area contributed by atoms with Crippen molar-refractivity contribution in [3.8, 4) is 44.5 Å². The highest BCUT2D eigenvalue weighted by Gasteiger charge is 2.27. The minimum atomic E-state index is -0.198. The fourth-order valence-electron chi connectivity index (χ4n) is 14.5. The van der Waals surface area contributed by atoms with Gasteiger partial charge in [-0.2, -0.15) is 0 Å². The lowest BCUT2D eigenvalue weighted by atomic mass is 9.72. The van der Waals surface area contributed by atoms with Gasteiger partial charge >= 0.3 is 0 Å². The van der Waals surface area contributed by atoms with Crippen molar-refractivity contribution in [2.45, 2.75) is 67.7 Å². The number of nitrogens with one attached hydrogen (secondary N) is 3. The van der Waals surface area contributed by atoms with E-state index in [1.54, 1.807) is 0 Å². The Labute approximate surface area is 604 Å². The van der Waals surface area contributed by atoms with Crippen LogP contribution < -0.4 is 19.0 Å². The normalized spacial score (nSPS) is 14.6. The van der Waals surface area contributed by atoms with Crippen LogP contribution in [-0.4, -0.2) is 25.8 Å². The standard InChI is InChI=1S/C94H86N8O/c1-62(22-11-12-23-63(2)25-20-27-65(4)36-46-77-66(5)28-21-55-94(77,6)7)24-19-26-64(3)35-37-67-38-40-69(41-39-67)93(103)95-76-44-42-68(43-45-76)89-78-47-49-80(96-78)90(73-56-70-29-13-16-32-86(70)100(8)59-73)82-51-53-84(98-82)92(75-58-72-31-15-18-34-88(72)102(10)61-75)85-54-52-83(99-85)91(81-50-48-79(89)97-81)74-57-71-30-14-17-33-87(71)101(9)60-74/h11-20,22-27,29-54,56-61H,21,28,55H2,1-10H3,(H2-,95,96,97,98,99,103)/q+2/p+1/b12-11+,24-19+,25-20+,37-35+,46-36+,62-22+,63-23+,64-26+,65-27+,89-78?,89-79?,90-80?,90-82?,91-81?,91-83?,92-84?,92-85?. The maximum absolute atomic E-state index is 14.0. The van der Waals surface area contributed by atoms with Crippen LogP contribution >= 0.6 is 0 Å². The third-order valence-electron chi connectivity index (χ3n) is 20.0. The Morgan fingerprint density at radius 1 is 0.456 bits per heavy atom. The first-order valence-electron chi connectivity index (χ1n) is 35.6. The molecule has 9 heteroatoms. The van der Waals surface area contributed by atoms with Crippen LogP contribution in [0.2, 0.25) is 0 Å². The lowest BCUT2D eigenvalue weighted by Gasteiger charge is -2.32. The predicted octanol–water partition coefficient (Wildman–Crippen LogP) is 22.1. The number of rotatable bonds is 16. The number of carbonyl (C=O) groups is 1. The van der Waals surface area contributed by atoms with E-state index in [0.29, 0.717) is 11.3 Å². The number of hydrogen-bond donors (Lipinski definition) is 3. The summed E-state index contributed by atoms with van der Waals surface area (Å²) in [5.74, 6) is -0.198. The summed E-state index contributed by atoms with van der Waals surface area (Å²) in [5.41, 5.74) is 28.1. The average molecular weight is 1340 g/mol. The van der Waals surface area contributed by atoms with Gasteiger partial charge in [0, 0.05) is 89.9 Å². The molecule has 8 heterocycles.